The zero-order valence-corrected chi connectivity index (χ0v) is 15.9. The van der Waals surface area contributed by atoms with Gasteiger partial charge in [-0.1, -0.05) is 34.8 Å². The minimum atomic E-state index is -0.519. The van der Waals surface area contributed by atoms with E-state index >= 15 is 0 Å². The first-order valence-electron chi connectivity index (χ1n) is 7.75. The summed E-state index contributed by atoms with van der Waals surface area (Å²) in [6.07, 6.45) is 0. The highest BCUT2D eigenvalue weighted by molar-refractivity contribution is 6.35. The molecule has 0 bridgehead atoms. The normalized spacial score (nSPS) is 10.5. The largest absolute Gasteiger partial charge is 0.506 e. The van der Waals surface area contributed by atoms with E-state index in [1.54, 1.807) is 24.3 Å². The third-order valence-electron chi connectivity index (χ3n) is 3.79. The molecular formula is C20H12Cl3NO3. The molecule has 3 aromatic rings. The Kier molecular flexibility index (Phi) is 5.71. The van der Waals surface area contributed by atoms with Crippen LogP contribution >= 0.6 is 34.8 Å². The van der Waals surface area contributed by atoms with Gasteiger partial charge in [-0.05, 0) is 60.7 Å². The van der Waals surface area contributed by atoms with Gasteiger partial charge in [-0.25, -0.2) is 0 Å². The molecule has 0 aliphatic heterocycles. The number of phenolic OH excluding ortho intramolecular Hbond substituents is 1. The number of halogens is 3. The standard InChI is InChI=1S/C20H12Cl3NO3/c21-13-4-1-11(2-5-13)19(26)15-9-12(3-7-16(15)23)20(27)24-17-10-14(22)6-8-18(17)25/h1-10,25H,(H,24,27). The van der Waals surface area contributed by atoms with Crippen molar-refractivity contribution >= 4 is 52.2 Å². The molecular weight excluding hydrogens is 409 g/mol. The summed E-state index contributed by atoms with van der Waals surface area (Å²) in [4.78, 5) is 25.2. The lowest BCUT2D eigenvalue weighted by atomic mass is 10.0. The van der Waals surface area contributed by atoms with Crippen LogP contribution in [0.25, 0.3) is 0 Å². The van der Waals surface area contributed by atoms with Gasteiger partial charge < -0.3 is 10.4 Å². The average Bonchev–Trinajstić information content (AvgIpc) is 2.65. The molecule has 0 unspecified atom stereocenters. The second-order valence-corrected chi connectivity index (χ2v) is 6.93. The Balaban J connectivity index is 1.90. The summed E-state index contributed by atoms with van der Waals surface area (Å²) < 4.78 is 0. The lowest BCUT2D eigenvalue weighted by Gasteiger charge is -2.10. The van der Waals surface area contributed by atoms with E-state index in [1.165, 1.54) is 36.4 Å². The van der Waals surface area contributed by atoms with Crippen molar-refractivity contribution in [3.8, 4) is 5.75 Å². The Morgan fingerprint density at radius 1 is 0.778 bits per heavy atom. The van der Waals surface area contributed by atoms with Gasteiger partial charge in [-0.2, -0.15) is 0 Å². The number of rotatable bonds is 4. The van der Waals surface area contributed by atoms with Crippen LogP contribution in [0.2, 0.25) is 15.1 Å². The van der Waals surface area contributed by atoms with E-state index in [0.717, 1.165) is 0 Å². The fourth-order valence-electron chi connectivity index (χ4n) is 2.40. The number of amides is 1. The van der Waals surface area contributed by atoms with Gasteiger partial charge in [0.05, 0.1) is 10.7 Å². The lowest BCUT2D eigenvalue weighted by molar-refractivity contribution is 0.102. The molecule has 1 amide bonds. The lowest BCUT2D eigenvalue weighted by Crippen LogP contribution is -2.13. The van der Waals surface area contributed by atoms with Gasteiger partial charge in [0.25, 0.3) is 5.91 Å². The number of hydrogen-bond acceptors (Lipinski definition) is 3. The molecule has 0 aliphatic rings. The molecule has 0 aromatic heterocycles. The highest BCUT2D eigenvalue weighted by atomic mass is 35.5. The zero-order valence-electron chi connectivity index (χ0n) is 13.7. The smallest absolute Gasteiger partial charge is 0.255 e. The first-order chi connectivity index (χ1) is 12.8. The number of phenols is 1. The summed E-state index contributed by atoms with van der Waals surface area (Å²) in [5.74, 6) is -0.981. The van der Waals surface area contributed by atoms with Crippen LogP contribution in [0.5, 0.6) is 5.75 Å². The summed E-state index contributed by atoms with van der Waals surface area (Å²) in [5, 5.41) is 13.5. The van der Waals surface area contributed by atoms with Crippen LogP contribution in [-0.4, -0.2) is 16.8 Å². The summed E-state index contributed by atoms with van der Waals surface area (Å²) in [6, 6.07) is 15.0. The summed E-state index contributed by atoms with van der Waals surface area (Å²) >= 11 is 17.9. The summed E-state index contributed by atoms with van der Waals surface area (Å²) in [5.41, 5.74) is 0.942. The Labute approximate surface area is 170 Å². The molecule has 4 nitrogen and oxygen atoms in total. The predicted octanol–water partition coefficient (Wildman–Crippen LogP) is 5.84. The van der Waals surface area contributed by atoms with Crippen LogP contribution in [0.15, 0.2) is 60.7 Å². The van der Waals surface area contributed by atoms with E-state index < -0.39 is 5.91 Å². The maximum atomic E-state index is 12.7. The number of hydrogen-bond donors (Lipinski definition) is 2. The van der Waals surface area contributed by atoms with Crippen molar-refractivity contribution in [3.63, 3.8) is 0 Å². The number of carbonyl (C=O) groups excluding carboxylic acids is 2. The van der Waals surface area contributed by atoms with Gasteiger partial charge in [0.15, 0.2) is 5.78 Å². The monoisotopic (exact) mass is 419 g/mol. The Morgan fingerprint density at radius 2 is 1.41 bits per heavy atom. The van der Waals surface area contributed by atoms with E-state index in [0.29, 0.717) is 15.6 Å². The van der Waals surface area contributed by atoms with Crippen molar-refractivity contribution in [3.05, 3.63) is 92.4 Å². The molecule has 3 rings (SSSR count). The average molecular weight is 421 g/mol. The van der Waals surface area contributed by atoms with E-state index in [4.69, 9.17) is 34.8 Å². The molecule has 0 atom stereocenters. The summed E-state index contributed by atoms with van der Waals surface area (Å²) in [6.45, 7) is 0. The minimum absolute atomic E-state index is 0.126. The molecule has 0 heterocycles. The van der Waals surface area contributed by atoms with Crippen molar-refractivity contribution in [1.82, 2.24) is 0 Å². The van der Waals surface area contributed by atoms with Crippen molar-refractivity contribution in [2.75, 3.05) is 5.32 Å². The van der Waals surface area contributed by atoms with Crippen LogP contribution in [0.1, 0.15) is 26.3 Å². The zero-order chi connectivity index (χ0) is 19.6. The van der Waals surface area contributed by atoms with E-state index in [2.05, 4.69) is 5.32 Å². The van der Waals surface area contributed by atoms with E-state index in [9.17, 15) is 14.7 Å². The van der Waals surface area contributed by atoms with Gasteiger partial charge in [0.2, 0.25) is 0 Å². The fraction of sp³-hybridized carbons (Fsp3) is 0. The highest BCUT2D eigenvalue weighted by Gasteiger charge is 2.17. The summed E-state index contributed by atoms with van der Waals surface area (Å²) in [7, 11) is 0. The molecule has 0 aliphatic carbocycles. The first-order valence-corrected chi connectivity index (χ1v) is 8.88. The Morgan fingerprint density at radius 3 is 2.11 bits per heavy atom. The predicted molar refractivity (Wildman–Crippen MR) is 107 cm³/mol. The van der Waals surface area contributed by atoms with Crippen molar-refractivity contribution < 1.29 is 14.7 Å². The topological polar surface area (TPSA) is 66.4 Å². The van der Waals surface area contributed by atoms with Gasteiger partial charge >= 0.3 is 0 Å². The molecule has 27 heavy (non-hydrogen) atoms. The van der Waals surface area contributed by atoms with Crippen LogP contribution in [0.3, 0.4) is 0 Å². The van der Waals surface area contributed by atoms with Gasteiger partial charge in [0.1, 0.15) is 5.75 Å². The minimum Gasteiger partial charge on any atom is -0.506 e. The van der Waals surface area contributed by atoms with Crippen LogP contribution < -0.4 is 5.32 Å². The van der Waals surface area contributed by atoms with Crippen molar-refractivity contribution in [1.29, 1.82) is 0 Å². The van der Waals surface area contributed by atoms with Gasteiger partial charge in [-0.15, -0.1) is 0 Å². The third-order valence-corrected chi connectivity index (χ3v) is 4.60. The SMILES string of the molecule is O=C(Nc1cc(Cl)ccc1O)c1ccc(Cl)c(C(=O)c2ccc(Cl)cc2)c1. The maximum Gasteiger partial charge on any atom is 0.255 e. The number of ketones is 1. The molecule has 136 valence electrons. The molecule has 0 saturated carbocycles. The molecule has 0 radical (unpaired) electrons. The van der Waals surface area contributed by atoms with E-state index in [-0.39, 0.29) is 33.4 Å². The maximum absolute atomic E-state index is 12.7. The second kappa shape index (κ2) is 8.01. The second-order valence-electron chi connectivity index (χ2n) is 5.65. The Hall–Kier alpha value is -2.53. The number of carbonyl (C=O) groups is 2. The molecule has 7 heteroatoms. The number of nitrogens with one attached hydrogen (secondary N) is 1. The van der Waals surface area contributed by atoms with Gasteiger partial charge in [0, 0.05) is 26.7 Å². The van der Waals surface area contributed by atoms with Crippen molar-refractivity contribution in [2.24, 2.45) is 0 Å². The number of anilines is 1. The van der Waals surface area contributed by atoms with Crippen molar-refractivity contribution in [2.45, 2.75) is 0 Å². The fourth-order valence-corrected chi connectivity index (χ4v) is 2.90. The highest BCUT2D eigenvalue weighted by Crippen LogP contribution is 2.28. The quantitative estimate of drug-likeness (QED) is 0.412. The van der Waals surface area contributed by atoms with Crippen LogP contribution in [0.4, 0.5) is 5.69 Å². The first kappa shape index (κ1) is 19.2. The molecule has 2 N–H and O–H groups in total. The molecule has 0 fully saturated rings. The van der Waals surface area contributed by atoms with Gasteiger partial charge in [-0.3, -0.25) is 9.59 Å². The van der Waals surface area contributed by atoms with E-state index in [1.807, 2.05) is 0 Å². The molecule has 0 spiro atoms. The third kappa shape index (κ3) is 4.42. The molecule has 0 saturated heterocycles. The number of aromatic hydroxyl groups is 1. The molecule has 3 aromatic carbocycles. The number of benzene rings is 3. The Bertz CT molecular complexity index is 1030. The van der Waals surface area contributed by atoms with Crippen LogP contribution in [-0.2, 0) is 0 Å². The van der Waals surface area contributed by atoms with Crippen LogP contribution in [0, 0.1) is 0 Å².